The lowest BCUT2D eigenvalue weighted by atomic mass is 9.89. The molecule has 0 bridgehead atoms. The van der Waals surface area contributed by atoms with E-state index in [0.717, 1.165) is 77.3 Å². The molecule has 0 amide bonds. The lowest BCUT2D eigenvalue weighted by Gasteiger charge is -2.16. The Hall–Kier alpha value is -11.3. The van der Waals surface area contributed by atoms with Crippen LogP contribution in [0.4, 0.5) is 0 Å². The first-order chi connectivity index (χ1) is 41.7. The summed E-state index contributed by atoms with van der Waals surface area (Å²) in [5.74, 6) is 0. The van der Waals surface area contributed by atoms with Crippen molar-refractivity contribution in [1.29, 1.82) is 0 Å². The van der Waals surface area contributed by atoms with E-state index in [0.29, 0.717) is 0 Å². The van der Waals surface area contributed by atoms with Crippen molar-refractivity contribution in [2.45, 2.75) is 0 Å². The summed E-state index contributed by atoms with van der Waals surface area (Å²) in [6.07, 6.45) is 0. The quantitative estimate of drug-likeness (QED) is 0.176. The van der Waals surface area contributed by atoms with Crippen molar-refractivity contribution in [3.63, 3.8) is 0 Å². The Balaban J connectivity index is 0.933. The molecule has 0 fully saturated rings. The van der Waals surface area contributed by atoms with Crippen LogP contribution in [0.2, 0.25) is 0 Å². The third kappa shape index (κ3) is 5.21. The summed E-state index contributed by atoms with van der Waals surface area (Å²) in [6, 6.07) is 93.9. The van der Waals surface area contributed by atoms with E-state index in [1.165, 1.54) is 120 Å². The van der Waals surface area contributed by atoms with Gasteiger partial charge in [-0.1, -0.05) is 194 Å². The number of rotatable bonds is 4. The van der Waals surface area contributed by atoms with Gasteiger partial charge in [0, 0.05) is 97.3 Å². The fraction of sp³-hybridized carbons (Fsp3) is 0. The Bertz CT molecular complexity index is 6070. The second-order valence-corrected chi connectivity index (χ2v) is 23.0. The largest absolute Gasteiger partial charge is 0.454 e. The van der Waals surface area contributed by atoms with E-state index < -0.39 is 0 Å². The number of benzene rings is 13. The molecule has 0 aliphatic carbocycles. The maximum Gasteiger partial charge on any atom is 0.159 e. The monoisotopic (exact) mass is 1070 g/mol. The van der Waals surface area contributed by atoms with Gasteiger partial charge in [0.25, 0.3) is 0 Å². The number of hydrogen-bond acceptors (Lipinski definition) is 2. The highest BCUT2D eigenvalue weighted by Crippen LogP contribution is 2.55. The van der Waals surface area contributed by atoms with Gasteiger partial charge in [-0.25, -0.2) is 0 Å². The summed E-state index contributed by atoms with van der Waals surface area (Å²) in [5.41, 5.74) is 22.3. The summed E-state index contributed by atoms with van der Waals surface area (Å²) in [6.45, 7) is 0. The Kier molecular flexibility index (Phi) is 7.94. The molecule has 8 aromatic heterocycles. The summed E-state index contributed by atoms with van der Waals surface area (Å²) >= 11 is 0. The molecule has 6 heteroatoms. The number of hydrogen-bond donors (Lipinski definition) is 0. The molecular formula is C78H42N4O2. The number of furan rings is 2. The minimum absolute atomic E-state index is 0.886. The van der Waals surface area contributed by atoms with Crippen molar-refractivity contribution in [2.75, 3.05) is 0 Å². The second kappa shape index (κ2) is 15.4. The Morgan fingerprint density at radius 2 is 0.571 bits per heavy atom. The predicted molar refractivity (Wildman–Crippen MR) is 350 cm³/mol. The van der Waals surface area contributed by atoms with Gasteiger partial charge < -0.3 is 26.8 Å². The smallest absolute Gasteiger partial charge is 0.159 e. The third-order valence-electron chi connectivity index (χ3n) is 19.0. The average Bonchev–Trinajstić information content (AvgIpc) is 1.66. The first-order valence-corrected chi connectivity index (χ1v) is 28.9. The molecule has 0 unspecified atom stereocenters. The molecule has 21 aromatic rings. The minimum Gasteiger partial charge on any atom is -0.454 e. The standard InChI is InChI=1S/C78H42N4O2/c1-3-19-43(20-4-1)69-71-53-31-15-27-49-58-42-64-56(46-24-8-12-34-60(46)80(64)62-36-18-30-52-48-26-10-14-38-68(48)84-78(52)62)40-66(58)82(73(49)53)76(71)70(44-21-5-2-6-22-44)72-54-32-16-28-50-57-41-63-55(39-65(57)81(74(50)54)75(69)72)45-23-7-11-33-59(45)79(63)61-35-17-29-51-47-25-9-13-37-67(47)83-77(51)61/h1-42H. The van der Waals surface area contributed by atoms with Crippen LogP contribution < -0.4 is 0 Å². The highest BCUT2D eigenvalue weighted by molar-refractivity contribution is 6.39. The summed E-state index contributed by atoms with van der Waals surface area (Å²) < 4.78 is 23.7. The maximum atomic E-state index is 6.78. The van der Waals surface area contributed by atoms with Crippen LogP contribution in [0.5, 0.6) is 0 Å². The fourth-order valence-electron chi connectivity index (χ4n) is 15.7. The van der Waals surface area contributed by atoms with Crippen LogP contribution >= 0.6 is 0 Å². The molecule has 6 nitrogen and oxygen atoms in total. The van der Waals surface area contributed by atoms with E-state index in [-0.39, 0.29) is 0 Å². The van der Waals surface area contributed by atoms with Crippen LogP contribution in [-0.4, -0.2) is 17.9 Å². The minimum atomic E-state index is 0.886. The van der Waals surface area contributed by atoms with Crippen LogP contribution in [0.25, 0.3) is 197 Å². The van der Waals surface area contributed by atoms with Crippen LogP contribution in [0.15, 0.2) is 264 Å². The summed E-state index contributed by atoms with van der Waals surface area (Å²) in [7, 11) is 0. The number of fused-ring (bicyclic) bond motifs is 24. The van der Waals surface area contributed by atoms with E-state index in [1.54, 1.807) is 0 Å². The molecule has 0 aliphatic heterocycles. The lowest BCUT2D eigenvalue weighted by Crippen LogP contribution is -1.95. The molecule has 0 aliphatic rings. The highest BCUT2D eigenvalue weighted by atomic mass is 16.3. The van der Waals surface area contributed by atoms with Gasteiger partial charge in [-0.05, 0) is 71.8 Å². The van der Waals surface area contributed by atoms with Crippen molar-refractivity contribution < 1.29 is 8.83 Å². The van der Waals surface area contributed by atoms with Crippen LogP contribution in [0.3, 0.4) is 0 Å². The molecule has 84 heavy (non-hydrogen) atoms. The van der Waals surface area contributed by atoms with Crippen LogP contribution in [-0.2, 0) is 0 Å². The van der Waals surface area contributed by atoms with Gasteiger partial charge in [0.1, 0.15) is 11.2 Å². The Labute approximate surface area is 476 Å². The second-order valence-electron chi connectivity index (χ2n) is 23.0. The Morgan fingerprint density at radius 3 is 1.04 bits per heavy atom. The van der Waals surface area contributed by atoms with E-state index in [9.17, 15) is 0 Å². The van der Waals surface area contributed by atoms with Gasteiger partial charge >= 0.3 is 0 Å². The van der Waals surface area contributed by atoms with Crippen molar-refractivity contribution >= 4 is 164 Å². The SMILES string of the molecule is c1ccc(-c2c3c4cccc5c6cc7c(cc6n(c3c(-c3ccccc3)c3c6cccc8c9cc%10c(cc9n(c23)c86)c2ccccc2n%10-c2cccc3c2oc2ccccc23)c54)c2ccccc2n7-c2cccc3c2oc2ccccc23)cc1. The van der Waals surface area contributed by atoms with Gasteiger partial charge in [-0.2, -0.15) is 0 Å². The fourth-order valence-corrected chi connectivity index (χ4v) is 15.7. The predicted octanol–water partition coefficient (Wildman–Crippen LogP) is 21.3. The van der Waals surface area contributed by atoms with E-state index >= 15 is 0 Å². The van der Waals surface area contributed by atoms with Crippen molar-refractivity contribution in [3.8, 4) is 33.6 Å². The first-order valence-electron chi connectivity index (χ1n) is 28.9. The molecule has 386 valence electrons. The summed E-state index contributed by atoms with van der Waals surface area (Å²) in [4.78, 5) is 0. The zero-order valence-electron chi connectivity index (χ0n) is 44.9. The first kappa shape index (κ1) is 43.5. The molecule has 0 atom stereocenters. The maximum absolute atomic E-state index is 6.78. The lowest BCUT2D eigenvalue weighted by molar-refractivity contribution is 0.666. The normalized spacial score (nSPS) is 12.8. The van der Waals surface area contributed by atoms with Crippen LogP contribution in [0.1, 0.15) is 0 Å². The Morgan fingerprint density at radius 1 is 0.226 bits per heavy atom. The third-order valence-corrected chi connectivity index (χ3v) is 19.0. The molecule has 0 radical (unpaired) electrons. The molecule has 8 heterocycles. The molecule has 0 saturated carbocycles. The molecule has 0 saturated heterocycles. The van der Waals surface area contributed by atoms with Gasteiger partial charge in [0.2, 0.25) is 0 Å². The summed E-state index contributed by atoms with van der Waals surface area (Å²) in [5, 5.41) is 19.1. The zero-order valence-corrected chi connectivity index (χ0v) is 44.9. The molecular weight excluding hydrogens is 1020 g/mol. The van der Waals surface area contributed by atoms with Gasteiger partial charge in [0.15, 0.2) is 11.2 Å². The molecule has 13 aromatic carbocycles. The van der Waals surface area contributed by atoms with E-state index in [4.69, 9.17) is 8.83 Å². The van der Waals surface area contributed by atoms with Crippen molar-refractivity contribution in [1.82, 2.24) is 17.9 Å². The number of aromatic nitrogens is 4. The van der Waals surface area contributed by atoms with Gasteiger partial charge in [-0.15, -0.1) is 0 Å². The van der Waals surface area contributed by atoms with Crippen LogP contribution in [0, 0.1) is 0 Å². The number of para-hydroxylation sites is 8. The number of nitrogens with zero attached hydrogens (tertiary/aromatic N) is 4. The average molecular weight is 1070 g/mol. The molecule has 0 spiro atoms. The highest BCUT2D eigenvalue weighted by Gasteiger charge is 2.32. The molecule has 0 N–H and O–H groups in total. The van der Waals surface area contributed by atoms with E-state index in [2.05, 4.69) is 273 Å². The van der Waals surface area contributed by atoms with Gasteiger partial charge in [-0.3, -0.25) is 0 Å². The van der Waals surface area contributed by atoms with Crippen molar-refractivity contribution in [3.05, 3.63) is 255 Å². The van der Waals surface area contributed by atoms with Gasteiger partial charge in [0.05, 0.1) is 66.5 Å². The van der Waals surface area contributed by atoms with Crippen molar-refractivity contribution in [2.24, 2.45) is 0 Å². The molecule has 21 rings (SSSR count). The zero-order chi connectivity index (χ0) is 54.2. The van der Waals surface area contributed by atoms with E-state index in [1.807, 2.05) is 0 Å². The topological polar surface area (TPSA) is 45.0 Å².